The number of hydrogen-bond donors (Lipinski definition) is 2. The molecule has 0 spiro atoms. The highest BCUT2D eigenvalue weighted by atomic mass is 32.2. The summed E-state index contributed by atoms with van der Waals surface area (Å²) in [5.74, 6) is 0.950. The molecule has 45 heavy (non-hydrogen) atoms. The van der Waals surface area contributed by atoms with Gasteiger partial charge < -0.3 is 20.0 Å². The standard InChI is InChI=1S/C37H42N2O4S2/c1-2-3-4-14-25-44-37(45-26-15-6-9-22-35(42)43-39-33(40)23-24-34(39)41)36-29-18-10-12-20-31(29)38(27-28-16-7-5-8-17-28)32-21-13-11-19-30(32)36/h5,7-8,10-13,16-21,23-24,40-41H,2-4,6,9,14-15,22,25-27H2,1H3. The number of unbranched alkanes of at least 4 members (excludes halogenated alkanes) is 5. The first kappa shape index (κ1) is 32.6. The number of nitrogens with zero attached hydrogens (tertiary/aromatic N) is 2. The van der Waals surface area contributed by atoms with Crippen LogP contribution in [0.15, 0.2) is 95.2 Å². The van der Waals surface area contributed by atoms with Crippen LogP contribution in [-0.4, -0.2) is 32.4 Å². The van der Waals surface area contributed by atoms with Gasteiger partial charge in [-0.05, 0) is 48.5 Å². The van der Waals surface area contributed by atoms with Crippen molar-refractivity contribution in [1.29, 1.82) is 0 Å². The minimum atomic E-state index is -0.481. The molecule has 0 atom stereocenters. The van der Waals surface area contributed by atoms with Gasteiger partial charge in [0, 0.05) is 57.4 Å². The maximum absolute atomic E-state index is 12.2. The summed E-state index contributed by atoms with van der Waals surface area (Å²) in [5, 5.41) is 19.4. The fourth-order valence-corrected chi connectivity index (χ4v) is 8.14. The lowest BCUT2D eigenvalue weighted by molar-refractivity contribution is -0.145. The van der Waals surface area contributed by atoms with Crippen LogP contribution in [-0.2, 0) is 11.3 Å². The number of carbonyl (C=O) groups excluding carboxylic acids is 1. The van der Waals surface area contributed by atoms with E-state index in [1.165, 1.54) is 75.7 Å². The molecule has 0 radical (unpaired) electrons. The van der Waals surface area contributed by atoms with Crippen LogP contribution in [0, 0.1) is 0 Å². The minimum absolute atomic E-state index is 0.222. The van der Waals surface area contributed by atoms with E-state index in [1.807, 2.05) is 23.5 Å². The van der Waals surface area contributed by atoms with Crippen LogP contribution in [0.25, 0.3) is 5.57 Å². The first-order valence-corrected chi connectivity index (χ1v) is 17.8. The van der Waals surface area contributed by atoms with Gasteiger partial charge in [0.15, 0.2) is 0 Å². The molecule has 236 valence electrons. The Morgan fingerprint density at radius 1 is 0.689 bits per heavy atom. The molecule has 3 aromatic carbocycles. The number of aromatic nitrogens is 1. The summed E-state index contributed by atoms with van der Waals surface area (Å²) in [6.45, 7) is 3.06. The second-order valence-corrected chi connectivity index (χ2v) is 13.6. The number of rotatable bonds is 16. The number of anilines is 2. The van der Waals surface area contributed by atoms with Crippen LogP contribution in [0.1, 0.15) is 75.0 Å². The molecule has 2 N–H and O–H groups in total. The van der Waals surface area contributed by atoms with E-state index in [-0.39, 0.29) is 18.2 Å². The van der Waals surface area contributed by atoms with E-state index in [0.29, 0.717) is 6.42 Å². The summed E-state index contributed by atoms with van der Waals surface area (Å²) < 4.78 is 2.11. The monoisotopic (exact) mass is 642 g/mol. The van der Waals surface area contributed by atoms with Crippen molar-refractivity contribution in [3.05, 3.63) is 112 Å². The van der Waals surface area contributed by atoms with Crippen molar-refractivity contribution >= 4 is 46.4 Å². The van der Waals surface area contributed by atoms with Crippen LogP contribution in [0.4, 0.5) is 11.4 Å². The van der Waals surface area contributed by atoms with Gasteiger partial charge in [-0.25, -0.2) is 4.79 Å². The molecule has 1 aliphatic heterocycles. The summed E-state index contributed by atoms with van der Waals surface area (Å²) in [6, 6.07) is 30.8. The van der Waals surface area contributed by atoms with Crippen molar-refractivity contribution in [3.8, 4) is 11.8 Å². The maximum Gasteiger partial charge on any atom is 0.333 e. The molecule has 5 rings (SSSR count). The van der Waals surface area contributed by atoms with Gasteiger partial charge in [0.05, 0.1) is 0 Å². The lowest BCUT2D eigenvalue weighted by Crippen LogP contribution is -2.22. The van der Waals surface area contributed by atoms with Crippen molar-refractivity contribution in [2.45, 2.75) is 64.8 Å². The Morgan fingerprint density at radius 2 is 1.24 bits per heavy atom. The van der Waals surface area contributed by atoms with Crippen LogP contribution in [0.3, 0.4) is 0 Å². The highest BCUT2D eigenvalue weighted by Crippen LogP contribution is 2.50. The molecule has 0 fully saturated rings. The van der Waals surface area contributed by atoms with E-state index < -0.39 is 5.97 Å². The van der Waals surface area contributed by atoms with Gasteiger partial charge in [0.2, 0.25) is 11.8 Å². The Hall–Kier alpha value is -3.75. The molecular formula is C37H42N2O4S2. The minimum Gasteiger partial charge on any atom is -0.492 e. The Balaban J connectivity index is 1.32. The molecule has 8 heteroatoms. The van der Waals surface area contributed by atoms with Gasteiger partial charge in [-0.15, -0.1) is 28.3 Å². The van der Waals surface area contributed by atoms with E-state index in [9.17, 15) is 15.0 Å². The normalized spacial score (nSPS) is 12.1. The van der Waals surface area contributed by atoms with Crippen LogP contribution < -0.4 is 9.74 Å². The Kier molecular flexibility index (Phi) is 12.0. The smallest absolute Gasteiger partial charge is 0.333 e. The van der Waals surface area contributed by atoms with Crippen LogP contribution in [0.2, 0.25) is 0 Å². The Bertz CT molecular complexity index is 1520. The van der Waals surface area contributed by atoms with E-state index in [0.717, 1.165) is 35.6 Å². The largest absolute Gasteiger partial charge is 0.492 e. The van der Waals surface area contributed by atoms with Gasteiger partial charge in [-0.2, -0.15) is 0 Å². The fraction of sp³-hybridized carbons (Fsp3) is 0.324. The molecule has 6 nitrogen and oxygen atoms in total. The predicted octanol–water partition coefficient (Wildman–Crippen LogP) is 9.53. The molecule has 2 heterocycles. The molecule has 1 aliphatic rings. The topological polar surface area (TPSA) is 74.9 Å². The number of aromatic hydroxyl groups is 2. The van der Waals surface area contributed by atoms with Gasteiger partial charge in [0.1, 0.15) is 0 Å². The summed E-state index contributed by atoms with van der Waals surface area (Å²) in [4.78, 5) is 19.8. The van der Waals surface area contributed by atoms with E-state index in [1.54, 1.807) is 0 Å². The number of para-hydroxylation sites is 2. The lowest BCUT2D eigenvalue weighted by atomic mass is 9.91. The lowest BCUT2D eigenvalue weighted by Gasteiger charge is -2.35. The molecule has 0 unspecified atom stereocenters. The van der Waals surface area contributed by atoms with Crippen molar-refractivity contribution in [2.24, 2.45) is 0 Å². The number of carbonyl (C=O) groups is 1. The van der Waals surface area contributed by atoms with Crippen molar-refractivity contribution in [2.75, 3.05) is 16.4 Å². The molecule has 1 aromatic heterocycles. The second-order valence-electron chi connectivity index (χ2n) is 11.1. The molecule has 0 bridgehead atoms. The van der Waals surface area contributed by atoms with Crippen molar-refractivity contribution < 1.29 is 19.8 Å². The zero-order chi connectivity index (χ0) is 31.4. The molecule has 0 saturated carbocycles. The SMILES string of the molecule is CCCCCCSC(SCCCCCC(=O)On1c(O)ccc1O)=C1c2ccccc2N(Cc2ccccc2)c2ccccc21. The van der Waals surface area contributed by atoms with Crippen molar-refractivity contribution in [1.82, 2.24) is 4.73 Å². The Morgan fingerprint density at radius 3 is 1.84 bits per heavy atom. The number of benzene rings is 3. The third kappa shape index (κ3) is 8.50. The number of thioether (sulfide) groups is 2. The summed E-state index contributed by atoms with van der Waals surface area (Å²) in [6.07, 6.45) is 7.70. The zero-order valence-corrected chi connectivity index (χ0v) is 27.5. The summed E-state index contributed by atoms with van der Waals surface area (Å²) in [7, 11) is 0. The molecule has 4 aromatic rings. The maximum atomic E-state index is 12.2. The van der Waals surface area contributed by atoms with E-state index in [4.69, 9.17) is 4.84 Å². The zero-order valence-electron chi connectivity index (χ0n) is 25.9. The average molecular weight is 643 g/mol. The third-order valence-electron chi connectivity index (χ3n) is 7.80. The first-order chi connectivity index (χ1) is 22.1. The average Bonchev–Trinajstić information content (AvgIpc) is 3.38. The van der Waals surface area contributed by atoms with Crippen LogP contribution in [0.5, 0.6) is 11.8 Å². The summed E-state index contributed by atoms with van der Waals surface area (Å²) >= 11 is 3.91. The number of hydrogen-bond acceptors (Lipinski definition) is 7. The fourth-order valence-electron chi connectivity index (χ4n) is 5.51. The van der Waals surface area contributed by atoms with Gasteiger partial charge in [-0.3, -0.25) is 0 Å². The van der Waals surface area contributed by atoms with Gasteiger partial charge >= 0.3 is 5.97 Å². The predicted molar refractivity (Wildman–Crippen MR) is 188 cm³/mol. The summed E-state index contributed by atoms with van der Waals surface area (Å²) in [5.41, 5.74) is 7.62. The van der Waals surface area contributed by atoms with E-state index in [2.05, 4.69) is 90.7 Å². The quantitative estimate of drug-likeness (QED) is 0.118. The highest BCUT2D eigenvalue weighted by molar-refractivity contribution is 8.22. The molecule has 0 aliphatic carbocycles. The molecule has 0 saturated heterocycles. The van der Waals surface area contributed by atoms with Crippen LogP contribution >= 0.6 is 23.5 Å². The highest BCUT2D eigenvalue weighted by Gasteiger charge is 2.28. The van der Waals surface area contributed by atoms with Gasteiger partial charge in [-0.1, -0.05) is 99.3 Å². The van der Waals surface area contributed by atoms with Crippen molar-refractivity contribution in [3.63, 3.8) is 0 Å². The van der Waals surface area contributed by atoms with E-state index >= 15 is 0 Å². The molecule has 0 amide bonds. The number of fused-ring (bicyclic) bond motifs is 2. The third-order valence-corrected chi connectivity index (χ3v) is 10.4. The van der Waals surface area contributed by atoms with Gasteiger partial charge in [0.25, 0.3) is 0 Å². The molecular weight excluding hydrogens is 601 g/mol. The second kappa shape index (κ2) is 16.5. The first-order valence-electron chi connectivity index (χ1n) is 15.9. The Labute approximate surface area is 275 Å².